The van der Waals surface area contributed by atoms with E-state index in [0.717, 1.165) is 71.6 Å². The molecule has 5 heterocycles. The maximum Gasteiger partial charge on any atom is 0.231 e. The highest BCUT2D eigenvalue weighted by Gasteiger charge is 2.23. The van der Waals surface area contributed by atoms with Crippen LogP contribution in [0.3, 0.4) is 0 Å². The number of thiophene rings is 1. The van der Waals surface area contributed by atoms with E-state index in [4.69, 9.17) is 19.4 Å². The first kappa shape index (κ1) is 26.7. The summed E-state index contributed by atoms with van der Waals surface area (Å²) in [5.74, 6) is 0.633. The molecule has 49 heavy (non-hydrogen) atoms. The number of para-hydroxylation sites is 2. The second-order valence-corrected chi connectivity index (χ2v) is 13.4. The van der Waals surface area contributed by atoms with Gasteiger partial charge in [0.05, 0.1) is 38.0 Å². The normalized spacial score (nSPS) is 12.1. The summed E-state index contributed by atoms with van der Waals surface area (Å²) in [6.07, 6.45) is 2.05. The highest BCUT2D eigenvalue weighted by molar-refractivity contribution is 7.26. The highest BCUT2D eigenvalue weighted by Crippen LogP contribution is 2.44. The lowest BCUT2D eigenvalue weighted by Gasteiger charge is -2.10. The van der Waals surface area contributed by atoms with Crippen LogP contribution in [0.15, 0.2) is 150 Å². The summed E-state index contributed by atoms with van der Waals surface area (Å²) in [6, 6.07) is 48.5. The molecule has 0 aliphatic carbocycles. The van der Waals surface area contributed by atoms with Crippen LogP contribution in [0.25, 0.3) is 103 Å². The molecular formula is C43H24N4OS. The van der Waals surface area contributed by atoms with Gasteiger partial charge in [-0.25, -0.2) is 4.98 Å². The van der Waals surface area contributed by atoms with Crippen molar-refractivity contribution in [1.82, 2.24) is 19.5 Å². The number of hydrogen-bond donors (Lipinski definition) is 0. The van der Waals surface area contributed by atoms with Gasteiger partial charge in [0.1, 0.15) is 0 Å². The van der Waals surface area contributed by atoms with Gasteiger partial charge in [-0.1, -0.05) is 115 Å². The van der Waals surface area contributed by atoms with Gasteiger partial charge in [0.2, 0.25) is 5.71 Å². The largest absolute Gasteiger partial charge is 0.435 e. The van der Waals surface area contributed by atoms with Gasteiger partial charge in [0, 0.05) is 54.3 Å². The molecule has 0 spiro atoms. The summed E-state index contributed by atoms with van der Waals surface area (Å²) >= 11 is 1.81. The van der Waals surface area contributed by atoms with E-state index in [9.17, 15) is 0 Å². The van der Waals surface area contributed by atoms with Crippen LogP contribution in [-0.2, 0) is 0 Å². The number of pyridine rings is 1. The molecule has 5 aromatic heterocycles. The molecule has 0 unspecified atom stereocenters. The predicted molar refractivity (Wildman–Crippen MR) is 203 cm³/mol. The Bertz CT molecular complexity index is 3100. The maximum absolute atomic E-state index is 6.87. The van der Waals surface area contributed by atoms with Gasteiger partial charge in [-0.3, -0.25) is 4.98 Å². The van der Waals surface area contributed by atoms with Crippen molar-refractivity contribution in [2.75, 3.05) is 0 Å². The average molecular weight is 645 g/mol. The first-order valence-corrected chi connectivity index (χ1v) is 17.1. The first-order valence-electron chi connectivity index (χ1n) is 16.3. The molecule has 0 aliphatic heterocycles. The molecule has 5 nitrogen and oxygen atoms in total. The molecule has 6 aromatic carbocycles. The number of fused-ring (bicyclic) bond motifs is 12. The Labute approximate surface area is 283 Å². The fourth-order valence-electron chi connectivity index (χ4n) is 7.51. The third-order valence-electron chi connectivity index (χ3n) is 9.67. The number of aromatic nitrogens is 4. The zero-order valence-electron chi connectivity index (χ0n) is 26.0. The van der Waals surface area contributed by atoms with Gasteiger partial charge in [0.15, 0.2) is 11.4 Å². The molecular weight excluding hydrogens is 621 g/mol. The van der Waals surface area contributed by atoms with Crippen LogP contribution >= 0.6 is 11.3 Å². The minimum atomic E-state index is 0.564. The summed E-state index contributed by atoms with van der Waals surface area (Å²) in [7, 11) is 0. The number of hydrogen-bond acceptors (Lipinski definition) is 5. The average Bonchev–Trinajstić information content (AvgIpc) is 3.85. The van der Waals surface area contributed by atoms with Gasteiger partial charge in [-0.15, -0.1) is 11.3 Å². The summed E-state index contributed by atoms with van der Waals surface area (Å²) in [6.45, 7) is 0. The van der Waals surface area contributed by atoms with E-state index in [1.54, 1.807) is 0 Å². The lowest BCUT2D eigenvalue weighted by molar-refractivity contribution is 0.651. The van der Waals surface area contributed by atoms with E-state index in [1.807, 2.05) is 66.1 Å². The predicted octanol–water partition coefficient (Wildman–Crippen LogP) is 11.7. The number of rotatable bonds is 3. The second-order valence-electron chi connectivity index (χ2n) is 12.4. The zero-order chi connectivity index (χ0) is 32.1. The fraction of sp³-hybridized carbons (Fsp3) is 0. The minimum Gasteiger partial charge on any atom is -0.435 e. The van der Waals surface area contributed by atoms with Crippen molar-refractivity contribution in [3.63, 3.8) is 0 Å². The van der Waals surface area contributed by atoms with Crippen molar-refractivity contribution in [2.45, 2.75) is 0 Å². The zero-order valence-corrected chi connectivity index (χ0v) is 26.8. The van der Waals surface area contributed by atoms with Gasteiger partial charge < -0.3 is 8.98 Å². The second kappa shape index (κ2) is 10.1. The van der Waals surface area contributed by atoms with E-state index in [0.29, 0.717) is 11.5 Å². The SMILES string of the molecule is c1ccc(-c2nc(-c3ccccc3)c3c(n2)oc2c(-n4c5ccccc5c5cnc6c(ccc7c8ccccc8sc76)c54)cccc23)cc1. The van der Waals surface area contributed by atoms with Crippen molar-refractivity contribution >= 4 is 86.3 Å². The van der Waals surface area contributed by atoms with Crippen LogP contribution in [0.4, 0.5) is 0 Å². The number of nitrogens with zero attached hydrogens (tertiary/aromatic N) is 4. The third-order valence-corrected chi connectivity index (χ3v) is 10.9. The molecule has 0 N–H and O–H groups in total. The van der Waals surface area contributed by atoms with Gasteiger partial charge in [-0.2, -0.15) is 4.98 Å². The molecule has 11 aromatic rings. The fourth-order valence-corrected chi connectivity index (χ4v) is 8.72. The quantitative estimate of drug-likeness (QED) is 0.192. The third kappa shape index (κ3) is 3.77. The lowest BCUT2D eigenvalue weighted by Crippen LogP contribution is -1.95. The Kier molecular flexibility index (Phi) is 5.48. The molecule has 0 bridgehead atoms. The Morgan fingerprint density at radius 1 is 0.551 bits per heavy atom. The molecule has 0 radical (unpaired) electrons. The summed E-state index contributed by atoms with van der Waals surface area (Å²) < 4.78 is 11.7. The van der Waals surface area contributed by atoms with Gasteiger partial charge >= 0.3 is 0 Å². The molecule has 6 heteroatoms. The smallest absolute Gasteiger partial charge is 0.231 e. The van der Waals surface area contributed by atoms with Gasteiger partial charge in [-0.05, 0) is 24.3 Å². The van der Waals surface area contributed by atoms with Crippen molar-refractivity contribution in [2.24, 2.45) is 0 Å². The van der Waals surface area contributed by atoms with Crippen molar-refractivity contribution in [1.29, 1.82) is 0 Å². The van der Waals surface area contributed by atoms with Crippen LogP contribution < -0.4 is 0 Å². The van der Waals surface area contributed by atoms with E-state index < -0.39 is 0 Å². The molecule has 0 saturated carbocycles. The van der Waals surface area contributed by atoms with Gasteiger partial charge in [0.25, 0.3) is 0 Å². The van der Waals surface area contributed by atoms with Crippen LogP contribution in [0.2, 0.25) is 0 Å². The molecule has 0 aliphatic rings. The monoisotopic (exact) mass is 644 g/mol. The number of furan rings is 1. The van der Waals surface area contributed by atoms with Crippen LogP contribution in [-0.4, -0.2) is 19.5 Å². The Balaban J connectivity index is 1.27. The van der Waals surface area contributed by atoms with E-state index in [2.05, 4.69) is 95.6 Å². The highest BCUT2D eigenvalue weighted by atomic mass is 32.1. The molecule has 0 amide bonds. The summed E-state index contributed by atoms with van der Waals surface area (Å²) in [5, 5.41) is 7.74. The molecule has 11 rings (SSSR count). The van der Waals surface area contributed by atoms with Crippen LogP contribution in [0.1, 0.15) is 0 Å². The molecule has 0 atom stereocenters. The standard InChI is InChI=1S/C43H24N4OS/c1-3-12-25(13-4-1)37-36-30-18-11-20-34(40(30)48-43(36)46-42(45-37)26-14-5-2-6-15-26)47-33-19-9-7-16-27(33)32-24-44-38-31(39(32)47)23-22-29-28-17-8-10-21-35(28)49-41(29)38/h1-24H. The maximum atomic E-state index is 6.87. The minimum absolute atomic E-state index is 0.564. The van der Waals surface area contributed by atoms with E-state index in [1.165, 1.54) is 20.2 Å². The Hall–Kier alpha value is -6.37. The number of benzene rings is 6. The summed E-state index contributed by atoms with van der Waals surface area (Å²) in [4.78, 5) is 15.3. The van der Waals surface area contributed by atoms with E-state index in [-0.39, 0.29) is 0 Å². The lowest BCUT2D eigenvalue weighted by atomic mass is 10.0. The Morgan fingerprint density at radius 3 is 2.12 bits per heavy atom. The molecule has 228 valence electrons. The molecule has 0 saturated heterocycles. The topological polar surface area (TPSA) is 56.7 Å². The van der Waals surface area contributed by atoms with Crippen molar-refractivity contribution in [3.05, 3.63) is 146 Å². The van der Waals surface area contributed by atoms with Crippen molar-refractivity contribution < 1.29 is 4.42 Å². The van der Waals surface area contributed by atoms with Crippen LogP contribution in [0.5, 0.6) is 0 Å². The van der Waals surface area contributed by atoms with Crippen LogP contribution in [0, 0.1) is 0 Å². The Morgan fingerprint density at radius 2 is 1.27 bits per heavy atom. The van der Waals surface area contributed by atoms with Crippen molar-refractivity contribution in [3.8, 4) is 28.3 Å². The van der Waals surface area contributed by atoms with E-state index >= 15 is 0 Å². The first-order chi connectivity index (χ1) is 24.3. The molecule has 0 fully saturated rings. The summed E-state index contributed by atoms with van der Waals surface area (Å²) in [5.41, 5.74) is 8.30.